The van der Waals surface area contributed by atoms with Crippen LogP contribution in [0.15, 0.2) is 176 Å². The van der Waals surface area contributed by atoms with E-state index >= 15 is 0 Å². The smallest absolute Gasteiger partial charge is 0.0973 e. The van der Waals surface area contributed by atoms with Crippen LogP contribution in [0.4, 0.5) is 0 Å². The zero-order chi connectivity index (χ0) is 36.8. The highest BCUT2D eigenvalue weighted by Crippen LogP contribution is 2.56. The van der Waals surface area contributed by atoms with Crippen molar-refractivity contribution in [3.8, 4) is 78.4 Å². The second-order valence-corrected chi connectivity index (χ2v) is 15.4. The first-order chi connectivity index (χ1) is 27.1. The van der Waals surface area contributed by atoms with Crippen LogP contribution in [0.2, 0.25) is 5.02 Å². The van der Waals surface area contributed by atoms with Crippen LogP contribution in [-0.4, -0.2) is 9.97 Å². The van der Waals surface area contributed by atoms with Gasteiger partial charge in [-0.15, -0.1) is 0 Å². The van der Waals surface area contributed by atoms with Gasteiger partial charge in [-0.25, -0.2) is 9.97 Å². The monoisotopic (exact) mass is 726 g/mol. The molecule has 0 N–H and O–H groups in total. The lowest BCUT2D eigenvalue weighted by molar-refractivity contribution is 0.353. The first-order valence-electron chi connectivity index (χ1n) is 19.4. The quantitative estimate of drug-likeness (QED) is 0.170. The summed E-state index contributed by atoms with van der Waals surface area (Å²) in [4.78, 5) is 10.9. The van der Waals surface area contributed by atoms with Gasteiger partial charge in [-0.2, -0.15) is 0 Å². The van der Waals surface area contributed by atoms with Gasteiger partial charge in [-0.1, -0.05) is 176 Å². The molecular weight excluding hydrogens is 688 g/mol. The Morgan fingerprint density at radius 1 is 0.345 bits per heavy atom. The average Bonchev–Trinajstić information content (AvgIpc) is 3.51. The molecule has 1 fully saturated rings. The zero-order valence-corrected chi connectivity index (χ0v) is 31.3. The van der Waals surface area contributed by atoms with Crippen molar-refractivity contribution in [2.75, 3.05) is 0 Å². The van der Waals surface area contributed by atoms with E-state index in [1.54, 1.807) is 0 Å². The Kier molecular flexibility index (Phi) is 8.50. The van der Waals surface area contributed by atoms with E-state index in [0.29, 0.717) is 0 Å². The molecule has 55 heavy (non-hydrogen) atoms. The predicted molar refractivity (Wildman–Crippen MR) is 229 cm³/mol. The standard InChI is InChI=1S/C52H39ClN2/c53-43-26-28-46-45(34-43)44-27-25-41(33-47(44)52(46)29-11-4-12-30-52)39-22-13-21-38(31-39)40-23-14-24-42(32-40)51-50(37-19-9-3-10-20-37)54-48(35-15-5-1-6-16-35)49(55-51)36-17-7-2-8-18-36/h1-3,5-10,13-28,31-34H,4,11-12,29-30H2. The topological polar surface area (TPSA) is 25.8 Å². The van der Waals surface area contributed by atoms with Gasteiger partial charge in [0.15, 0.2) is 0 Å². The van der Waals surface area contributed by atoms with Crippen molar-refractivity contribution in [2.45, 2.75) is 37.5 Å². The molecule has 3 heteroatoms. The van der Waals surface area contributed by atoms with Gasteiger partial charge in [0, 0.05) is 32.7 Å². The van der Waals surface area contributed by atoms with Gasteiger partial charge in [-0.3, -0.25) is 0 Å². The van der Waals surface area contributed by atoms with Gasteiger partial charge < -0.3 is 0 Å². The van der Waals surface area contributed by atoms with E-state index in [2.05, 4.69) is 158 Å². The van der Waals surface area contributed by atoms with Crippen LogP contribution >= 0.6 is 11.6 Å². The largest absolute Gasteiger partial charge is 0.243 e. The number of aromatic nitrogens is 2. The second kappa shape index (κ2) is 14.0. The number of rotatable bonds is 6. The fraction of sp³-hybridized carbons (Fsp3) is 0.115. The van der Waals surface area contributed by atoms with Crippen LogP contribution in [0.3, 0.4) is 0 Å². The summed E-state index contributed by atoms with van der Waals surface area (Å²) in [6.45, 7) is 0. The fourth-order valence-corrected chi connectivity index (χ4v) is 9.28. The van der Waals surface area contributed by atoms with Crippen LogP contribution in [0.1, 0.15) is 43.2 Å². The molecule has 2 aliphatic rings. The second-order valence-electron chi connectivity index (χ2n) is 15.0. The van der Waals surface area contributed by atoms with Crippen LogP contribution in [0.5, 0.6) is 0 Å². The highest BCUT2D eigenvalue weighted by Gasteiger charge is 2.43. The molecule has 2 aliphatic carbocycles. The molecule has 0 unspecified atom stereocenters. The molecule has 0 amide bonds. The Bertz CT molecular complexity index is 2680. The summed E-state index contributed by atoms with van der Waals surface area (Å²) in [6, 6.07) is 62.7. The molecule has 0 aliphatic heterocycles. The molecule has 10 rings (SSSR count). The molecule has 264 valence electrons. The third kappa shape index (κ3) is 5.98. The maximum Gasteiger partial charge on any atom is 0.0973 e. The molecule has 0 radical (unpaired) electrons. The highest BCUT2D eigenvalue weighted by atomic mass is 35.5. The van der Waals surface area contributed by atoms with Crippen LogP contribution in [-0.2, 0) is 5.41 Å². The third-order valence-electron chi connectivity index (χ3n) is 11.7. The van der Waals surface area contributed by atoms with E-state index in [1.807, 2.05) is 18.2 Å². The van der Waals surface area contributed by atoms with Crippen molar-refractivity contribution in [2.24, 2.45) is 0 Å². The van der Waals surface area contributed by atoms with E-state index in [1.165, 1.54) is 71.0 Å². The lowest BCUT2D eigenvalue weighted by Crippen LogP contribution is -2.28. The zero-order valence-electron chi connectivity index (χ0n) is 30.6. The SMILES string of the molecule is Clc1ccc2c(c1)-c1ccc(-c3cccc(-c4cccc(-c5nc(-c6ccccc6)c(-c6ccccc6)nc5-c5ccccc5)c4)c3)cc1C21CCCCC1. The number of halogens is 1. The van der Waals surface area contributed by atoms with Crippen molar-refractivity contribution < 1.29 is 0 Å². The van der Waals surface area contributed by atoms with Crippen molar-refractivity contribution in [3.05, 3.63) is 192 Å². The molecule has 7 aromatic carbocycles. The lowest BCUT2D eigenvalue weighted by atomic mass is 9.67. The van der Waals surface area contributed by atoms with Gasteiger partial charge in [0.2, 0.25) is 0 Å². The summed E-state index contributed by atoms with van der Waals surface area (Å²) in [5, 5.41) is 0.807. The van der Waals surface area contributed by atoms with Crippen LogP contribution in [0.25, 0.3) is 78.4 Å². The lowest BCUT2D eigenvalue weighted by Gasteiger charge is -2.36. The van der Waals surface area contributed by atoms with Gasteiger partial charge in [0.1, 0.15) is 0 Å². The van der Waals surface area contributed by atoms with Gasteiger partial charge in [0.05, 0.1) is 22.8 Å². The summed E-state index contributed by atoms with van der Waals surface area (Å²) in [7, 11) is 0. The third-order valence-corrected chi connectivity index (χ3v) is 12.0. The Morgan fingerprint density at radius 3 is 1.35 bits per heavy atom. The Balaban J connectivity index is 1.08. The molecule has 1 aromatic heterocycles. The molecule has 0 saturated heterocycles. The molecule has 1 heterocycles. The summed E-state index contributed by atoms with van der Waals surface area (Å²) in [6.07, 6.45) is 6.21. The average molecular weight is 727 g/mol. The van der Waals surface area contributed by atoms with E-state index in [-0.39, 0.29) is 5.41 Å². The summed E-state index contributed by atoms with van der Waals surface area (Å²) >= 11 is 6.57. The first-order valence-corrected chi connectivity index (χ1v) is 19.8. The van der Waals surface area contributed by atoms with Crippen molar-refractivity contribution in [3.63, 3.8) is 0 Å². The molecule has 8 aromatic rings. The van der Waals surface area contributed by atoms with Crippen LogP contribution in [0, 0.1) is 0 Å². The Labute approximate surface area is 328 Å². The highest BCUT2D eigenvalue weighted by molar-refractivity contribution is 6.31. The minimum atomic E-state index is 0.0710. The molecule has 2 nitrogen and oxygen atoms in total. The van der Waals surface area contributed by atoms with Crippen molar-refractivity contribution in [1.82, 2.24) is 9.97 Å². The van der Waals surface area contributed by atoms with Gasteiger partial charge in [-0.05, 0) is 87.7 Å². The molecule has 1 saturated carbocycles. The maximum absolute atomic E-state index is 6.57. The first kappa shape index (κ1) is 33.5. The molecule has 1 spiro atoms. The number of hydrogen-bond acceptors (Lipinski definition) is 2. The summed E-state index contributed by atoms with van der Waals surface area (Å²) in [5.41, 5.74) is 18.0. The van der Waals surface area contributed by atoms with Gasteiger partial charge >= 0.3 is 0 Å². The Hall–Kier alpha value is -6.09. The van der Waals surface area contributed by atoms with Gasteiger partial charge in [0.25, 0.3) is 0 Å². The number of fused-ring (bicyclic) bond motifs is 5. The van der Waals surface area contributed by atoms with E-state index in [4.69, 9.17) is 21.6 Å². The maximum atomic E-state index is 6.57. The van der Waals surface area contributed by atoms with E-state index < -0.39 is 0 Å². The minimum Gasteiger partial charge on any atom is -0.243 e. The summed E-state index contributed by atoms with van der Waals surface area (Å²) in [5.74, 6) is 0. The van der Waals surface area contributed by atoms with E-state index in [9.17, 15) is 0 Å². The number of hydrogen-bond donors (Lipinski definition) is 0. The van der Waals surface area contributed by atoms with Crippen molar-refractivity contribution >= 4 is 11.6 Å². The molecule has 0 bridgehead atoms. The minimum absolute atomic E-state index is 0.0710. The molecular formula is C52H39ClN2. The molecule has 0 atom stereocenters. The Morgan fingerprint density at radius 2 is 0.800 bits per heavy atom. The summed E-state index contributed by atoms with van der Waals surface area (Å²) < 4.78 is 0. The van der Waals surface area contributed by atoms with E-state index in [0.717, 1.165) is 55.6 Å². The number of benzene rings is 7. The predicted octanol–water partition coefficient (Wildman–Crippen LogP) is 14.4. The fourth-order valence-electron chi connectivity index (χ4n) is 9.10. The normalized spacial score (nSPS) is 14.1. The van der Waals surface area contributed by atoms with Crippen LogP contribution < -0.4 is 0 Å². The van der Waals surface area contributed by atoms with Crippen molar-refractivity contribution in [1.29, 1.82) is 0 Å². The number of nitrogens with zero attached hydrogens (tertiary/aromatic N) is 2.